The van der Waals surface area contributed by atoms with Gasteiger partial charge in [-0.3, -0.25) is 4.98 Å². The Kier molecular flexibility index (Phi) is 3.45. The lowest BCUT2D eigenvalue weighted by molar-refractivity contribution is 1.03. The zero-order valence-electron chi connectivity index (χ0n) is 10.1. The molecule has 0 fully saturated rings. The van der Waals surface area contributed by atoms with Crippen LogP contribution in [-0.2, 0) is 6.42 Å². The van der Waals surface area contributed by atoms with E-state index in [1.807, 2.05) is 14.0 Å². The summed E-state index contributed by atoms with van der Waals surface area (Å²) in [6.07, 6.45) is 0.874. The minimum absolute atomic E-state index is 0.635. The first-order valence-electron chi connectivity index (χ1n) is 5.55. The molecule has 0 saturated heterocycles. The van der Waals surface area contributed by atoms with Crippen LogP contribution in [0.1, 0.15) is 18.2 Å². The van der Waals surface area contributed by atoms with Crippen LogP contribution in [-0.4, -0.2) is 12.0 Å². The topological polar surface area (TPSA) is 24.9 Å². The maximum atomic E-state index is 6.24. The van der Waals surface area contributed by atoms with Gasteiger partial charge in [0.05, 0.1) is 15.6 Å². The highest BCUT2D eigenvalue weighted by molar-refractivity contribution is 6.40. The highest BCUT2D eigenvalue weighted by Crippen LogP contribution is 2.36. The van der Waals surface area contributed by atoms with E-state index >= 15 is 0 Å². The molecule has 0 bridgehead atoms. The van der Waals surface area contributed by atoms with Gasteiger partial charge in [-0.2, -0.15) is 0 Å². The van der Waals surface area contributed by atoms with Crippen molar-refractivity contribution < 1.29 is 0 Å². The van der Waals surface area contributed by atoms with E-state index in [0.29, 0.717) is 10.0 Å². The number of anilines is 1. The lowest BCUT2D eigenvalue weighted by atomic mass is 10.1. The Bertz CT molecular complexity index is 579. The molecule has 0 unspecified atom stereocenters. The maximum Gasteiger partial charge on any atom is 0.0927 e. The lowest BCUT2D eigenvalue weighted by Gasteiger charge is -2.15. The number of fused-ring (bicyclic) bond motifs is 1. The van der Waals surface area contributed by atoms with Crippen molar-refractivity contribution in [1.82, 2.24) is 4.98 Å². The van der Waals surface area contributed by atoms with Gasteiger partial charge >= 0.3 is 0 Å². The van der Waals surface area contributed by atoms with Gasteiger partial charge in [-0.15, -0.1) is 0 Å². The molecule has 0 saturated carbocycles. The molecule has 0 atom stereocenters. The molecule has 2 nitrogen and oxygen atoms in total. The van der Waals surface area contributed by atoms with E-state index in [1.165, 1.54) is 0 Å². The molecule has 90 valence electrons. The summed E-state index contributed by atoms with van der Waals surface area (Å²) in [5.74, 6) is 0. The zero-order chi connectivity index (χ0) is 12.6. The number of rotatable bonds is 2. The van der Waals surface area contributed by atoms with E-state index in [1.54, 1.807) is 12.1 Å². The molecular formula is C13H14Cl2N2. The van der Waals surface area contributed by atoms with Crippen LogP contribution < -0.4 is 5.32 Å². The second-order valence-electron chi connectivity index (χ2n) is 3.91. The highest BCUT2D eigenvalue weighted by atomic mass is 35.5. The van der Waals surface area contributed by atoms with Crippen LogP contribution in [0.5, 0.6) is 0 Å². The van der Waals surface area contributed by atoms with Crippen LogP contribution in [0.2, 0.25) is 10.0 Å². The molecule has 1 N–H and O–H groups in total. The number of nitrogens with one attached hydrogen (secondary N) is 1. The quantitative estimate of drug-likeness (QED) is 0.870. The third kappa shape index (κ3) is 1.96. The standard InChI is InChI=1S/C13H14Cl2N2/c1-4-10-7(2)12(16-3)11-8(14)5-6-9(15)13(11)17-10/h5-6H,4H2,1-3H3,(H,16,17). The van der Waals surface area contributed by atoms with Gasteiger partial charge in [0.25, 0.3) is 0 Å². The number of benzene rings is 1. The fourth-order valence-electron chi connectivity index (χ4n) is 2.10. The molecule has 0 spiro atoms. The zero-order valence-corrected chi connectivity index (χ0v) is 11.6. The molecular weight excluding hydrogens is 255 g/mol. The number of nitrogens with zero attached hydrogens (tertiary/aromatic N) is 1. The van der Waals surface area contributed by atoms with Crippen LogP contribution in [0.4, 0.5) is 5.69 Å². The summed E-state index contributed by atoms with van der Waals surface area (Å²) < 4.78 is 0. The summed E-state index contributed by atoms with van der Waals surface area (Å²) in [6.45, 7) is 4.13. The Labute approximate surface area is 111 Å². The van der Waals surface area contributed by atoms with Crippen molar-refractivity contribution in [2.75, 3.05) is 12.4 Å². The van der Waals surface area contributed by atoms with E-state index in [4.69, 9.17) is 23.2 Å². The molecule has 17 heavy (non-hydrogen) atoms. The van der Waals surface area contributed by atoms with Crippen LogP contribution in [0.25, 0.3) is 10.9 Å². The third-order valence-electron chi connectivity index (χ3n) is 2.97. The summed E-state index contributed by atoms with van der Waals surface area (Å²) in [5, 5.41) is 5.41. The Morgan fingerprint density at radius 2 is 1.88 bits per heavy atom. The Hall–Kier alpha value is -0.990. The predicted octanol–water partition coefficient (Wildman–Crippen LogP) is 4.45. The van der Waals surface area contributed by atoms with Gasteiger partial charge in [0, 0.05) is 23.8 Å². The third-order valence-corrected chi connectivity index (χ3v) is 3.59. The molecule has 1 heterocycles. The Morgan fingerprint density at radius 1 is 1.24 bits per heavy atom. The largest absolute Gasteiger partial charge is 0.387 e. The summed E-state index contributed by atoms with van der Waals surface area (Å²) in [4.78, 5) is 4.61. The first kappa shape index (κ1) is 12.5. The minimum atomic E-state index is 0.635. The van der Waals surface area contributed by atoms with Crippen molar-refractivity contribution >= 4 is 39.8 Å². The molecule has 2 rings (SSSR count). The second-order valence-corrected chi connectivity index (χ2v) is 4.73. The van der Waals surface area contributed by atoms with Crippen molar-refractivity contribution in [2.45, 2.75) is 20.3 Å². The summed E-state index contributed by atoms with van der Waals surface area (Å²) in [5.41, 5.74) is 3.96. The van der Waals surface area contributed by atoms with E-state index in [9.17, 15) is 0 Å². The van der Waals surface area contributed by atoms with Gasteiger partial charge in [0.2, 0.25) is 0 Å². The van der Waals surface area contributed by atoms with E-state index in [-0.39, 0.29) is 0 Å². The van der Waals surface area contributed by atoms with Gasteiger partial charge in [0.1, 0.15) is 0 Å². The van der Waals surface area contributed by atoms with Crippen molar-refractivity contribution in [1.29, 1.82) is 0 Å². The molecule has 0 aliphatic carbocycles. The van der Waals surface area contributed by atoms with Crippen LogP contribution in [0.15, 0.2) is 12.1 Å². The average Bonchev–Trinajstić information content (AvgIpc) is 2.33. The fraction of sp³-hybridized carbons (Fsp3) is 0.308. The number of aromatic nitrogens is 1. The molecule has 0 amide bonds. The van der Waals surface area contributed by atoms with Gasteiger partial charge in [0.15, 0.2) is 0 Å². The number of pyridine rings is 1. The molecule has 2 aromatic rings. The highest BCUT2D eigenvalue weighted by Gasteiger charge is 2.14. The second kappa shape index (κ2) is 4.71. The molecule has 1 aromatic carbocycles. The average molecular weight is 269 g/mol. The summed E-state index contributed by atoms with van der Waals surface area (Å²) in [6, 6.07) is 3.59. The maximum absolute atomic E-state index is 6.24. The molecule has 1 aromatic heterocycles. The van der Waals surface area contributed by atoms with Crippen molar-refractivity contribution in [3.05, 3.63) is 33.4 Å². The Balaban J connectivity index is 2.97. The van der Waals surface area contributed by atoms with Crippen molar-refractivity contribution in [2.24, 2.45) is 0 Å². The van der Waals surface area contributed by atoms with Crippen molar-refractivity contribution in [3.63, 3.8) is 0 Å². The van der Waals surface area contributed by atoms with Gasteiger partial charge in [-0.25, -0.2) is 0 Å². The molecule has 0 radical (unpaired) electrons. The number of hydrogen-bond acceptors (Lipinski definition) is 2. The van der Waals surface area contributed by atoms with Gasteiger partial charge < -0.3 is 5.32 Å². The van der Waals surface area contributed by atoms with Crippen LogP contribution in [0, 0.1) is 6.92 Å². The predicted molar refractivity (Wildman–Crippen MR) is 75.4 cm³/mol. The molecule has 4 heteroatoms. The summed E-state index contributed by atoms with van der Waals surface area (Å²) in [7, 11) is 1.89. The van der Waals surface area contributed by atoms with Crippen LogP contribution >= 0.6 is 23.2 Å². The number of halogens is 2. The normalized spacial score (nSPS) is 10.9. The molecule has 0 aliphatic heterocycles. The van der Waals surface area contributed by atoms with Crippen LogP contribution in [0.3, 0.4) is 0 Å². The number of aryl methyl sites for hydroxylation is 1. The smallest absolute Gasteiger partial charge is 0.0927 e. The number of hydrogen-bond donors (Lipinski definition) is 1. The van der Waals surface area contributed by atoms with E-state index in [0.717, 1.165) is 34.3 Å². The monoisotopic (exact) mass is 268 g/mol. The SMILES string of the molecule is CCc1nc2c(Cl)ccc(Cl)c2c(NC)c1C. The Morgan fingerprint density at radius 3 is 2.47 bits per heavy atom. The van der Waals surface area contributed by atoms with Gasteiger partial charge in [-0.05, 0) is 31.0 Å². The van der Waals surface area contributed by atoms with Crippen molar-refractivity contribution in [3.8, 4) is 0 Å². The van der Waals surface area contributed by atoms with Gasteiger partial charge in [-0.1, -0.05) is 30.1 Å². The first-order valence-corrected chi connectivity index (χ1v) is 6.30. The molecule has 0 aliphatic rings. The summed E-state index contributed by atoms with van der Waals surface area (Å²) >= 11 is 12.4. The fourth-order valence-corrected chi connectivity index (χ4v) is 2.54. The minimum Gasteiger partial charge on any atom is -0.387 e. The van der Waals surface area contributed by atoms with E-state index in [2.05, 4.69) is 17.2 Å². The first-order chi connectivity index (χ1) is 8.10. The lowest BCUT2D eigenvalue weighted by Crippen LogP contribution is -2.01. The van der Waals surface area contributed by atoms with E-state index < -0.39 is 0 Å².